The van der Waals surface area contributed by atoms with Crippen molar-refractivity contribution >= 4 is 11.6 Å². The van der Waals surface area contributed by atoms with Crippen molar-refractivity contribution in [2.45, 2.75) is 13.0 Å². The summed E-state index contributed by atoms with van der Waals surface area (Å²) in [5.41, 5.74) is 1.43. The fraction of sp³-hybridized carbons (Fsp3) is 0.188. The van der Waals surface area contributed by atoms with Gasteiger partial charge in [-0.05, 0) is 43.8 Å². The smallest absolute Gasteiger partial charge is 0.259 e. The second kappa shape index (κ2) is 6.37. The van der Waals surface area contributed by atoms with E-state index in [0.717, 1.165) is 23.8 Å². The Morgan fingerprint density at radius 3 is 2.67 bits per heavy atom. The van der Waals surface area contributed by atoms with E-state index in [2.05, 4.69) is 10.6 Å². The second-order valence-electron chi connectivity index (χ2n) is 4.71. The third kappa shape index (κ3) is 3.38. The summed E-state index contributed by atoms with van der Waals surface area (Å²) in [6.45, 7) is 1.96. The summed E-state index contributed by atoms with van der Waals surface area (Å²) in [4.78, 5) is 12.2. The first-order valence-corrected chi connectivity index (χ1v) is 6.59. The molecule has 0 spiro atoms. The molecule has 0 fully saturated rings. The zero-order chi connectivity index (χ0) is 15.4. The molecule has 0 saturated heterocycles. The number of carbonyl (C=O) groups excluding carboxylic acids is 1. The van der Waals surface area contributed by atoms with Gasteiger partial charge >= 0.3 is 0 Å². The van der Waals surface area contributed by atoms with E-state index in [-0.39, 0.29) is 17.4 Å². The van der Waals surface area contributed by atoms with Gasteiger partial charge in [-0.2, -0.15) is 0 Å². The van der Waals surface area contributed by atoms with E-state index in [1.54, 1.807) is 12.1 Å². The molecule has 2 rings (SSSR count). The van der Waals surface area contributed by atoms with E-state index in [0.29, 0.717) is 5.69 Å². The molecule has 110 valence electrons. The minimum absolute atomic E-state index is 0.0441. The molecular weight excluding hydrogens is 271 g/mol. The molecule has 0 radical (unpaired) electrons. The van der Waals surface area contributed by atoms with E-state index in [4.69, 9.17) is 0 Å². The molecule has 1 atom stereocenters. The summed E-state index contributed by atoms with van der Waals surface area (Å²) >= 11 is 0. The third-order valence-electron chi connectivity index (χ3n) is 3.31. The van der Waals surface area contributed by atoms with Crippen molar-refractivity contribution in [3.05, 3.63) is 59.4 Å². The summed E-state index contributed by atoms with van der Waals surface area (Å²) in [5.74, 6) is -1.38. The van der Waals surface area contributed by atoms with Crippen molar-refractivity contribution in [3.8, 4) is 5.75 Å². The zero-order valence-corrected chi connectivity index (χ0v) is 11.9. The minimum atomic E-state index is -0.574. The lowest BCUT2D eigenvalue weighted by Crippen LogP contribution is -2.18. The molecule has 0 saturated carbocycles. The van der Waals surface area contributed by atoms with Crippen molar-refractivity contribution in [1.82, 2.24) is 5.32 Å². The largest absolute Gasteiger partial charge is 0.507 e. The van der Waals surface area contributed by atoms with E-state index in [1.807, 2.05) is 26.1 Å². The Balaban J connectivity index is 2.30. The van der Waals surface area contributed by atoms with Gasteiger partial charge < -0.3 is 15.7 Å². The van der Waals surface area contributed by atoms with Gasteiger partial charge in [-0.1, -0.05) is 18.2 Å². The number of hydrogen-bond acceptors (Lipinski definition) is 3. The number of amides is 1. The number of nitrogens with one attached hydrogen (secondary N) is 2. The van der Waals surface area contributed by atoms with Crippen LogP contribution in [0.1, 0.15) is 28.9 Å². The van der Waals surface area contributed by atoms with Crippen LogP contribution in [0.5, 0.6) is 5.75 Å². The van der Waals surface area contributed by atoms with Crippen LogP contribution in [0, 0.1) is 5.82 Å². The van der Waals surface area contributed by atoms with Crippen LogP contribution in [0.25, 0.3) is 0 Å². The number of benzene rings is 2. The van der Waals surface area contributed by atoms with Crippen LogP contribution in [-0.2, 0) is 0 Å². The highest BCUT2D eigenvalue weighted by molar-refractivity contribution is 6.06. The fourth-order valence-corrected chi connectivity index (χ4v) is 2.02. The Morgan fingerprint density at radius 2 is 1.95 bits per heavy atom. The topological polar surface area (TPSA) is 61.4 Å². The predicted molar refractivity (Wildman–Crippen MR) is 79.9 cm³/mol. The molecule has 1 amide bonds. The zero-order valence-electron chi connectivity index (χ0n) is 11.9. The predicted octanol–water partition coefficient (Wildman–Crippen LogP) is 3.06. The number of para-hydroxylation sites is 1. The van der Waals surface area contributed by atoms with E-state index in [1.165, 1.54) is 0 Å². The van der Waals surface area contributed by atoms with Crippen molar-refractivity contribution in [2.75, 3.05) is 12.4 Å². The summed E-state index contributed by atoms with van der Waals surface area (Å²) in [7, 11) is 1.82. The summed E-state index contributed by atoms with van der Waals surface area (Å²) in [6.07, 6.45) is 0. The maximum Gasteiger partial charge on any atom is 0.259 e. The van der Waals surface area contributed by atoms with E-state index in [9.17, 15) is 14.3 Å². The van der Waals surface area contributed by atoms with Gasteiger partial charge in [0.05, 0.1) is 5.56 Å². The van der Waals surface area contributed by atoms with Crippen LogP contribution in [0.4, 0.5) is 10.1 Å². The molecule has 0 aliphatic carbocycles. The second-order valence-corrected chi connectivity index (χ2v) is 4.71. The highest BCUT2D eigenvalue weighted by atomic mass is 19.1. The van der Waals surface area contributed by atoms with Crippen LogP contribution in [0.2, 0.25) is 0 Å². The van der Waals surface area contributed by atoms with Crippen molar-refractivity contribution in [1.29, 1.82) is 0 Å². The maximum atomic E-state index is 13.2. The Bertz CT molecular complexity index is 658. The van der Waals surface area contributed by atoms with Gasteiger partial charge in [0, 0.05) is 11.7 Å². The first-order chi connectivity index (χ1) is 10.0. The lowest BCUT2D eigenvalue weighted by molar-refractivity contribution is 0.102. The van der Waals surface area contributed by atoms with Crippen LogP contribution in [-0.4, -0.2) is 18.1 Å². The number of phenols is 1. The highest BCUT2D eigenvalue weighted by Crippen LogP contribution is 2.24. The SMILES string of the molecule is CNC(C)c1ccccc1NC(=O)c1cc(F)ccc1O. The van der Waals surface area contributed by atoms with Crippen molar-refractivity contribution in [2.24, 2.45) is 0 Å². The Labute approximate surface area is 122 Å². The number of phenolic OH excluding ortho intramolecular Hbond substituents is 1. The molecule has 21 heavy (non-hydrogen) atoms. The van der Waals surface area contributed by atoms with Gasteiger partial charge in [0.1, 0.15) is 11.6 Å². The van der Waals surface area contributed by atoms with Crippen molar-refractivity contribution < 1.29 is 14.3 Å². The summed E-state index contributed by atoms with van der Waals surface area (Å²) < 4.78 is 13.2. The molecule has 2 aromatic rings. The van der Waals surface area contributed by atoms with Gasteiger partial charge in [-0.25, -0.2) is 4.39 Å². The molecule has 0 bridgehead atoms. The molecule has 0 heterocycles. The van der Waals surface area contributed by atoms with Gasteiger partial charge in [-0.3, -0.25) is 4.79 Å². The van der Waals surface area contributed by atoms with Gasteiger partial charge in [0.25, 0.3) is 5.91 Å². The lowest BCUT2D eigenvalue weighted by Gasteiger charge is -2.16. The number of carbonyl (C=O) groups is 1. The molecule has 0 aliphatic heterocycles. The number of aromatic hydroxyl groups is 1. The highest BCUT2D eigenvalue weighted by Gasteiger charge is 2.15. The molecule has 3 N–H and O–H groups in total. The van der Waals surface area contributed by atoms with Crippen LogP contribution < -0.4 is 10.6 Å². The molecule has 4 nitrogen and oxygen atoms in total. The van der Waals surface area contributed by atoms with Crippen LogP contribution in [0.3, 0.4) is 0 Å². The quantitative estimate of drug-likeness (QED) is 0.810. The Hall–Kier alpha value is -2.40. The molecule has 1 unspecified atom stereocenters. The summed E-state index contributed by atoms with van der Waals surface area (Å²) in [5, 5.41) is 15.5. The Kier molecular flexibility index (Phi) is 4.55. The average molecular weight is 288 g/mol. The molecule has 2 aromatic carbocycles. The third-order valence-corrected chi connectivity index (χ3v) is 3.31. The van der Waals surface area contributed by atoms with E-state index < -0.39 is 11.7 Å². The normalized spacial score (nSPS) is 12.0. The minimum Gasteiger partial charge on any atom is -0.507 e. The van der Waals surface area contributed by atoms with Crippen molar-refractivity contribution in [3.63, 3.8) is 0 Å². The number of rotatable bonds is 4. The lowest BCUT2D eigenvalue weighted by atomic mass is 10.1. The van der Waals surface area contributed by atoms with Gasteiger partial charge in [0.2, 0.25) is 0 Å². The van der Waals surface area contributed by atoms with E-state index >= 15 is 0 Å². The summed E-state index contributed by atoms with van der Waals surface area (Å²) in [6, 6.07) is 10.6. The standard InChI is InChI=1S/C16H17FN2O2/c1-10(18-2)12-5-3-4-6-14(12)19-16(21)13-9-11(17)7-8-15(13)20/h3-10,18,20H,1-2H3,(H,19,21). The maximum absolute atomic E-state index is 13.2. The van der Waals surface area contributed by atoms with Gasteiger partial charge in [0.15, 0.2) is 0 Å². The Morgan fingerprint density at radius 1 is 1.24 bits per heavy atom. The average Bonchev–Trinajstić information content (AvgIpc) is 2.49. The molecule has 5 heteroatoms. The molecule has 0 aliphatic rings. The van der Waals surface area contributed by atoms with Gasteiger partial charge in [-0.15, -0.1) is 0 Å². The first kappa shape index (κ1) is 15.0. The number of halogens is 1. The molecule has 0 aromatic heterocycles. The monoisotopic (exact) mass is 288 g/mol. The number of hydrogen-bond donors (Lipinski definition) is 3. The van der Waals surface area contributed by atoms with Crippen LogP contribution in [0.15, 0.2) is 42.5 Å². The fourth-order valence-electron chi connectivity index (χ4n) is 2.02. The van der Waals surface area contributed by atoms with Crippen LogP contribution >= 0.6 is 0 Å². The number of anilines is 1. The first-order valence-electron chi connectivity index (χ1n) is 6.59. The molecular formula is C16H17FN2O2.